The van der Waals surface area contributed by atoms with Crippen molar-refractivity contribution < 1.29 is 13.8 Å². The Balaban J connectivity index is 0.00000102. The van der Waals surface area contributed by atoms with Crippen molar-refractivity contribution in [3.8, 4) is 0 Å². The molecule has 0 radical (unpaired) electrons. The number of hydrogen-bond donors (Lipinski definition) is 0. The zero-order valence-corrected chi connectivity index (χ0v) is 16.4. The topological polar surface area (TPSA) is 42.0 Å². The third kappa shape index (κ3) is 7.10. The van der Waals surface area contributed by atoms with E-state index in [4.69, 9.17) is 9.26 Å². The van der Waals surface area contributed by atoms with Crippen LogP contribution in [0, 0.1) is 0 Å². The summed E-state index contributed by atoms with van der Waals surface area (Å²) < 4.78 is 25.1. The van der Waals surface area contributed by atoms with E-state index in [0.717, 1.165) is 52.2 Å². The highest BCUT2D eigenvalue weighted by atomic mass is 31.2. The molecule has 2 saturated heterocycles. The third-order valence-corrected chi connectivity index (χ3v) is 6.05. The van der Waals surface area contributed by atoms with E-state index in [2.05, 4.69) is 4.90 Å². The molecule has 1 atom stereocenters. The molecule has 0 amide bonds. The summed E-state index contributed by atoms with van der Waals surface area (Å²) in [6, 6.07) is 0.631. The maximum atomic E-state index is 12.3. The Kier molecular flexibility index (Phi) is 12.5. The smallest absolute Gasteiger partial charge is 0.269 e. The first kappa shape index (κ1) is 22.1. The second-order valence-electron chi connectivity index (χ2n) is 5.05. The molecule has 0 saturated carbocycles. The predicted molar refractivity (Wildman–Crippen MR) is 94.8 cm³/mol. The van der Waals surface area contributed by atoms with Crippen molar-refractivity contribution in [2.24, 2.45) is 0 Å². The van der Waals surface area contributed by atoms with Gasteiger partial charge in [-0.05, 0) is 19.8 Å². The van der Waals surface area contributed by atoms with Crippen molar-refractivity contribution in [1.82, 2.24) is 9.57 Å². The van der Waals surface area contributed by atoms with Crippen LogP contribution in [0.3, 0.4) is 0 Å². The fourth-order valence-electron chi connectivity index (χ4n) is 2.84. The summed E-state index contributed by atoms with van der Waals surface area (Å²) in [6.45, 7) is 17.7. The molecule has 134 valence electrons. The fraction of sp³-hybridized carbons (Fsp3) is 1.00. The lowest BCUT2D eigenvalue weighted by Gasteiger charge is -2.41. The van der Waals surface area contributed by atoms with Crippen molar-refractivity contribution in [2.75, 3.05) is 52.7 Å². The molecule has 1 unspecified atom stereocenters. The molecular weight excluding hydrogens is 299 g/mol. The van der Waals surface area contributed by atoms with Gasteiger partial charge in [-0.2, -0.15) is 0 Å². The van der Waals surface area contributed by atoms with Gasteiger partial charge in [0, 0.05) is 38.9 Å². The zero-order valence-electron chi connectivity index (χ0n) is 15.5. The van der Waals surface area contributed by atoms with Crippen LogP contribution >= 0.6 is 7.52 Å². The van der Waals surface area contributed by atoms with Crippen molar-refractivity contribution >= 4 is 7.52 Å². The average molecular weight is 336 g/mol. The standard InChI is InChI=1S/C12H25N2O3P.2C2H6/c1-3-17-18(2,15)14-6-4-12(5-7-14)13-8-10-16-11-9-13;2*1-2/h12H,3-11H2,1-2H3;2*1-2H3. The molecule has 0 aliphatic carbocycles. The highest BCUT2D eigenvalue weighted by Gasteiger charge is 2.32. The SMILES string of the molecule is CC.CC.CCOP(C)(=O)N1CCC(N2CCOCC2)CC1. The van der Waals surface area contributed by atoms with Gasteiger partial charge in [-0.15, -0.1) is 0 Å². The lowest BCUT2D eigenvalue weighted by atomic mass is 10.0. The summed E-state index contributed by atoms with van der Waals surface area (Å²) in [5, 5.41) is 0. The van der Waals surface area contributed by atoms with Crippen LogP contribution in [0.5, 0.6) is 0 Å². The van der Waals surface area contributed by atoms with Crippen LogP contribution < -0.4 is 0 Å². The molecule has 5 nitrogen and oxygen atoms in total. The molecule has 0 aromatic carbocycles. The summed E-state index contributed by atoms with van der Waals surface area (Å²) in [6.07, 6.45) is 2.18. The number of rotatable bonds is 4. The van der Waals surface area contributed by atoms with Gasteiger partial charge in [0.2, 0.25) is 0 Å². The van der Waals surface area contributed by atoms with Crippen LogP contribution in [-0.2, 0) is 13.8 Å². The van der Waals surface area contributed by atoms with E-state index in [1.54, 1.807) is 6.66 Å². The molecule has 2 aliphatic heterocycles. The van der Waals surface area contributed by atoms with Crippen molar-refractivity contribution in [2.45, 2.75) is 53.5 Å². The van der Waals surface area contributed by atoms with Gasteiger partial charge < -0.3 is 9.26 Å². The van der Waals surface area contributed by atoms with E-state index in [1.165, 1.54) is 0 Å². The zero-order chi connectivity index (χ0) is 17.0. The molecule has 0 N–H and O–H groups in total. The first-order valence-electron chi connectivity index (χ1n) is 8.93. The molecule has 0 bridgehead atoms. The molecular formula is C16H37N2O3P. The molecule has 0 aromatic heterocycles. The van der Waals surface area contributed by atoms with Gasteiger partial charge in [-0.1, -0.05) is 27.7 Å². The molecule has 6 heteroatoms. The Labute approximate surface area is 137 Å². The van der Waals surface area contributed by atoms with Crippen LogP contribution in [0.25, 0.3) is 0 Å². The third-order valence-electron chi connectivity index (χ3n) is 3.89. The van der Waals surface area contributed by atoms with Crippen LogP contribution in [0.1, 0.15) is 47.5 Å². The van der Waals surface area contributed by atoms with E-state index in [0.29, 0.717) is 12.6 Å². The monoisotopic (exact) mass is 336 g/mol. The maximum Gasteiger partial charge on any atom is 0.269 e. The summed E-state index contributed by atoms with van der Waals surface area (Å²) in [5.41, 5.74) is 0. The van der Waals surface area contributed by atoms with E-state index in [9.17, 15) is 4.57 Å². The van der Waals surface area contributed by atoms with Gasteiger partial charge in [0.05, 0.1) is 19.8 Å². The summed E-state index contributed by atoms with van der Waals surface area (Å²) >= 11 is 0. The van der Waals surface area contributed by atoms with Crippen LogP contribution in [0.4, 0.5) is 0 Å². The van der Waals surface area contributed by atoms with Crippen LogP contribution in [-0.4, -0.2) is 68.3 Å². The molecule has 2 fully saturated rings. The number of hydrogen-bond acceptors (Lipinski definition) is 4. The Morgan fingerprint density at radius 2 is 1.55 bits per heavy atom. The Morgan fingerprint density at radius 3 is 2.00 bits per heavy atom. The lowest BCUT2D eigenvalue weighted by molar-refractivity contribution is 0.00531. The second kappa shape index (κ2) is 12.5. The van der Waals surface area contributed by atoms with Gasteiger partial charge in [0.25, 0.3) is 7.52 Å². The van der Waals surface area contributed by atoms with Crippen molar-refractivity contribution in [1.29, 1.82) is 0 Å². The van der Waals surface area contributed by atoms with Gasteiger partial charge >= 0.3 is 0 Å². The number of nitrogens with zero attached hydrogens (tertiary/aromatic N) is 2. The van der Waals surface area contributed by atoms with E-state index >= 15 is 0 Å². The molecule has 0 aromatic rings. The molecule has 2 heterocycles. The first-order valence-corrected chi connectivity index (χ1v) is 10.9. The normalized spacial score (nSPS) is 23.5. The van der Waals surface area contributed by atoms with Gasteiger partial charge in [0.1, 0.15) is 0 Å². The molecule has 2 rings (SSSR count). The number of morpholine rings is 1. The van der Waals surface area contributed by atoms with Gasteiger partial charge in [0.15, 0.2) is 0 Å². The fourth-order valence-corrected chi connectivity index (χ4v) is 4.44. The van der Waals surface area contributed by atoms with Gasteiger partial charge in [-0.25, -0.2) is 4.67 Å². The highest BCUT2D eigenvalue weighted by molar-refractivity contribution is 7.55. The largest absolute Gasteiger partial charge is 0.379 e. The highest BCUT2D eigenvalue weighted by Crippen LogP contribution is 2.48. The van der Waals surface area contributed by atoms with Crippen molar-refractivity contribution in [3.63, 3.8) is 0 Å². The summed E-state index contributed by atoms with van der Waals surface area (Å²) in [5.74, 6) is 0. The van der Waals surface area contributed by atoms with Crippen molar-refractivity contribution in [3.05, 3.63) is 0 Å². The predicted octanol–water partition coefficient (Wildman–Crippen LogP) is 3.69. The Bertz CT molecular complexity index is 302. The Morgan fingerprint density at radius 1 is 1.05 bits per heavy atom. The minimum absolute atomic E-state index is 0.525. The van der Waals surface area contributed by atoms with Crippen LogP contribution in [0.15, 0.2) is 0 Å². The Hall–Kier alpha value is 0.0700. The minimum Gasteiger partial charge on any atom is -0.379 e. The second-order valence-corrected chi connectivity index (χ2v) is 7.48. The number of ether oxygens (including phenoxy) is 1. The van der Waals surface area contributed by atoms with E-state index in [-0.39, 0.29) is 0 Å². The van der Waals surface area contributed by atoms with Crippen LogP contribution in [0.2, 0.25) is 0 Å². The van der Waals surface area contributed by atoms with E-state index < -0.39 is 7.52 Å². The van der Waals surface area contributed by atoms with Gasteiger partial charge in [-0.3, -0.25) is 9.46 Å². The summed E-state index contributed by atoms with van der Waals surface area (Å²) in [7, 11) is -2.54. The lowest BCUT2D eigenvalue weighted by Crippen LogP contribution is -2.48. The number of piperidine rings is 1. The minimum atomic E-state index is -2.54. The molecule has 2 aliphatic rings. The van der Waals surface area contributed by atoms with E-state index in [1.807, 2.05) is 39.3 Å². The summed E-state index contributed by atoms with van der Waals surface area (Å²) in [4.78, 5) is 2.52. The quantitative estimate of drug-likeness (QED) is 0.732. The maximum absolute atomic E-state index is 12.3. The molecule has 0 spiro atoms. The first-order chi connectivity index (χ1) is 10.6. The molecule has 22 heavy (non-hydrogen) atoms. The average Bonchev–Trinajstić information content (AvgIpc) is 2.59.